The maximum atomic E-state index is 12.2. The van der Waals surface area contributed by atoms with Crippen molar-refractivity contribution in [1.82, 2.24) is 15.2 Å². The second-order valence-corrected chi connectivity index (χ2v) is 7.06. The van der Waals surface area contributed by atoms with Crippen LogP contribution in [0.25, 0.3) is 0 Å². The lowest BCUT2D eigenvalue weighted by Gasteiger charge is -2.10. The zero-order valence-electron chi connectivity index (χ0n) is 11.7. The number of carbonyl (C=O) groups is 1. The van der Waals surface area contributed by atoms with Gasteiger partial charge in [0, 0.05) is 12.7 Å². The molecule has 2 heterocycles. The van der Waals surface area contributed by atoms with Crippen LogP contribution >= 0.6 is 34.7 Å². The average molecular weight is 356 g/mol. The highest BCUT2D eigenvalue weighted by atomic mass is 35.5. The lowest BCUT2D eigenvalue weighted by atomic mass is 10.4. The molecule has 0 fully saturated rings. The Balaban J connectivity index is 1.92. The van der Waals surface area contributed by atoms with E-state index in [-0.39, 0.29) is 16.3 Å². The van der Waals surface area contributed by atoms with Crippen molar-refractivity contribution in [3.63, 3.8) is 0 Å². The van der Waals surface area contributed by atoms with Crippen LogP contribution in [0.15, 0.2) is 35.3 Å². The van der Waals surface area contributed by atoms with Crippen molar-refractivity contribution >= 4 is 51.4 Å². The van der Waals surface area contributed by atoms with Crippen LogP contribution in [-0.4, -0.2) is 32.9 Å². The highest BCUT2D eigenvalue weighted by molar-refractivity contribution is 8.02. The first-order valence-electron chi connectivity index (χ1n) is 6.36. The third kappa shape index (κ3) is 4.69. The highest BCUT2D eigenvalue weighted by Gasteiger charge is 2.18. The summed E-state index contributed by atoms with van der Waals surface area (Å²) in [6.45, 7) is 6.04. The number of hydrogen-bond donors (Lipinski definition) is 2. The molecule has 2 aromatic rings. The van der Waals surface area contributed by atoms with Crippen LogP contribution in [0.1, 0.15) is 6.92 Å². The van der Waals surface area contributed by atoms with Gasteiger partial charge in [-0.05, 0) is 19.1 Å². The van der Waals surface area contributed by atoms with Gasteiger partial charge >= 0.3 is 0 Å². The van der Waals surface area contributed by atoms with Gasteiger partial charge < -0.3 is 10.6 Å². The number of aromatic nitrogens is 3. The molecule has 9 heteroatoms. The molecule has 0 aliphatic carbocycles. The Morgan fingerprint density at radius 2 is 2.41 bits per heavy atom. The van der Waals surface area contributed by atoms with Crippen molar-refractivity contribution in [2.45, 2.75) is 16.5 Å². The molecule has 0 radical (unpaired) electrons. The van der Waals surface area contributed by atoms with E-state index in [1.165, 1.54) is 23.1 Å². The van der Waals surface area contributed by atoms with Crippen molar-refractivity contribution in [2.24, 2.45) is 0 Å². The molecule has 0 unspecified atom stereocenters. The number of nitrogens with zero attached hydrogens (tertiary/aromatic N) is 3. The van der Waals surface area contributed by atoms with Crippen LogP contribution in [0.5, 0.6) is 0 Å². The normalized spacial score (nSPS) is 11.7. The van der Waals surface area contributed by atoms with Crippen LogP contribution < -0.4 is 10.6 Å². The van der Waals surface area contributed by atoms with Gasteiger partial charge in [0.2, 0.25) is 11.0 Å². The maximum Gasteiger partial charge on any atom is 0.237 e. The van der Waals surface area contributed by atoms with E-state index in [9.17, 15) is 4.79 Å². The predicted octanol–water partition coefficient (Wildman–Crippen LogP) is 3.30. The third-order valence-corrected chi connectivity index (χ3v) is 4.83. The molecule has 1 amide bonds. The van der Waals surface area contributed by atoms with E-state index in [1.54, 1.807) is 31.3 Å². The average Bonchev–Trinajstić information content (AvgIpc) is 2.94. The van der Waals surface area contributed by atoms with Gasteiger partial charge in [0.25, 0.3) is 0 Å². The Bertz CT molecular complexity index is 663. The van der Waals surface area contributed by atoms with Crippen LogP contribution in [0.3, 0.4) is 0 Å². The van der Waals surface area contributed by atoms with Gasteiger partial charge in [-0.3, -0.25) is 4.79 Å². The summed E-state index contributed by atoms with van der Waals surface area (Å²) in [7, 11) is 0. The van der Waals surface area contributed by atoms with E-state index in [1.807, 2.05) is 0 Å². The van der Waals surface area contributed by atoms with E-state index >= 15 is 0 Å². The second kappa shape index (κ2) is 8.11. The molecule has 2 rings (SSSR count). The first-order valence-corrected chi connectivity index (χ1v) is 8.44. The van der Waals surface area contributed by atoms with Gasteiger partial charge in [0.05, 0.1) is 10.9 Å². The summed E-state index contributed by atoms with van der Waals surface area (Å²) >= 11 is 8.64. The van der Waals surface area contributed by atoms with Crippen molar-refractivity contribution in [3.8, 4) is 0 Å². The van der Waals surface area contributed by atoms with Crippen molar-refractivity contribution < 1.29 is 4.79 Å². The molecule has 2 N–H and O–H groups in total. The standard InChI is InChI=1S/C13H14ClN5OS2/c1-3-6-16-12-18-19-13(22-12)21-8(2)11(20)17-9-5-4-7-15-10(9)14/h3-5,7-8H,1,6H2,2H3,(H,16,18)(H,17,20)/t8-/m1/s1. The van der Waals surface area contributed by atoms with Gasteiger partial charge in [-0.15, -0.1) is 16.8 Å². The van der Waals surface area contributed by atoms with Gasteiger partial charge in [0.1, 0.15) is 0 Å². The summed E-state index contributed by atoms with van der Waals surface area (Å²) in [6, 6.07) is 3.41. The maximum absolute atomic E-state index is 12.2. The first kappa shape index (κ1) is 16.7. The summed E-state index contributed by atoms with van der Waals surface area (Å²) in [5.41, 5.74) is 0.493. The first-order chi connectivity index (χ1) is 10.6. The summed E-state index contributed by atoms with van der Waals surface area (Å²) in [6.07, 6.45) is 3.30. The Hall–Kier alpha value is -1.64. The Morgan fingerprint density at radius 3 is 3.14 bits per heavy atom. The van der Waals surface area contributed by atoms with Gasteiger partial charge in [-0.2, -0.15) is 0 Å². The van der Waals surface area contributed by atoms with Crippen LogP contribution in [0.2, 0.25) is 5.15 Å². The van der Waals surface area contributed by atoms with E-state index in [0.29, 0.717) is 21.7 Å². The number of hydrogen-bond acceptors (Lipinski definition) is 7. The molecule has 6 nitrogen and oxygen atoms in total. The van der Waals surface area contributed by atoms with E-state index in [2.05, 4.69) is 32.4 Å². The number of amides is 1. The Morgan fingerprint density at radius 1 is 1.59 bits per heavy atom. The lowest BCUT2D eigenvalue weighted by molar-refractivity contribution is -0.115. The number of thioether (sulfide) groups is 1. The molecule has 0 spiro atoms. The topological polar surface area (TPSA) is 79.8 Å². The van der Waals surface area contributed by atoms with Crippen molar-refractivity contribution in [1.29, 1.82) is 0 Å². The summed E-state index contributed by atoms with van der Waals surface area (Å²) in [5.74, 6) is -0.171. The predicted molar refractivity (Wildman–Crippen MR) is 91.8 cm³/mol. The number of nitrogens with one attached hydrogen (secondary N) is 2. The molecule has 116 valence electrons. The monoisotopic (exact) mass is 355 g/mol. The van der Waals surface area contributed by atoms with Gasteiger partial charge in [-0.1, -0.05) is 40.8 Å². The number of carbonyl (C=O) groups excluding carboxylic acids is 1. The number of rotatable bonds is 7. The minimum absolute atomic E-state index is 0.171. The van der Waals surface area contributed by atoms with E-state index in [4.69, 9.17) is 11.6 Å². The lowest BCUT2D eigenvalue weighted by Crippen LogP contribution is -2.22. The number of anilines is 2. The molecule has 0 saturated carbocycles. The molecular formula is C13H14ClN5OS2. The summed E-state index contributed by atoms with van der Waals surface area (Å²) in [4.78, 5) is 16.1. The van der Waals surface area contributed by atoms with E-state index in [0.717, 1.165) is 0 Å². The quantitative estimate of drug-likeness (QED) is 0.450. The molecule has 0 aliphatic rings. The SMILES string of the molecule is C=CCNc1nnc(S[C@H](C)C(=O)Nc2cccnc2Cl)s1. The zero-order valence-corrected chi connectivity index (χ0v) is 14.1. The Kier molecular flexibility index (Phi) is 6.17. The number of pyridine rings is 1. The smallest absolute Gasteiger partial charge is 0.237 e. The summed E-state index contributed by atoms with van der Waals surface area (Å²) < 4.78 is 0.714. The minimum atomic E-state index is -0.337. The van der Waals surface area contributed by atoms with Crippen LogP contribution in [0.4, 0.5) is 10.8 Å². The molecule has 22 heavy (non-hydrogen) atoms. The Labute approximate surface area is 141 Å². The molecule has 1 atom stereocenters. The fraction of sp³-hybridized carbons (Fsp3) is 0.231. The highest BCUT2D eigenvalue weighted by Crippen LogP contribution is 2.29. The van der Waals surface area contributed by atoms with Crippen molar-refractivity contribution in [2.75, 3.05) is 17.2 Å². The molecular weight excluding hydrogens is 342 g/mol. The molecule has 2 aromatic heterocycles. The number of halogens is 1. The van der Waals surface area contributed by atoms with Crippen LogP contribution in [-0.2, 0) is 4.79 Å². The largest absolute Gasteiger partial charge is 0.357 e. The zero-order chi connectivity index (χ0) is 15.9. The van der Waals surface area contributed by atoms with Crippen molar-refractivity contribution in [3.05, 3.63) is 36.1 Å². The minimum Gasteiger partial charge on any atom is -0.357 e. The fourth-order valence-electron chi connectivity index (χ4n) is 1.41. The molecule has 0 bridgehead atoms. The van der Waals surface area contributed by atoms with Crippen LogP contribution in [0, 0.1) is 0 Å². The van der Waals surface area contributed by atoms with Gasteiger partial charge in [0.15, 0.2) is 9.49 Å². The van der Waals surface area contributed by atoms with Gasteiger partial charge in [-0.25, -0.2) is 4.98 Å². The summed E-state index contributed by atoms with van der Waals surface area (Å²) in [5, 5.41) is 14.4. The van der Waals surface area contributed by atoms with E-state index < -0.39 is 0 Å². The molecule has 0 saturated heterocycles. The second-order valence-electron chi connectivity index (χ2n) is 4.13. The molecule has 0 aromatic carbocycles. The third-order valence-electron chi connectivity index (χ3n) is 2.47. The molecule has 0 aliphatic heterocycles. The fourth-order valence-corrected chi connectivity index (χ4v) is 3.48.